The van der Waals surface area contributed by atoms with E-state index in [1.807, 2.05) is 17.5 Å². The molecule has 0 radical (unpaired) electrons. The highest BCUT2D eigenvalue weighted by Crippen LogP contribution is 2.25. The molecule has 0 spiro atoms. The van der Waals surface area contributed by atoms with Crippen molar-refractivity contribution in [3.63, 3.8) is 0 Å². The van der Waals surface area contributed by atoms with Crippen molar-refractivity contribution in [3.8, 4) is 10.6 Å². The lowest BCUT2D eigenvalue weighted by Gasteiger charge is -2.22. The molecule has 1 saturated heterocycles. The van der Waals surface area contributed by atoms with Crippen LogP contribution in [0.2, 0.25) is 0 Å². The quantitative estimate of drug-likeness (QED) is 0.773. The Bertz CT molecular complexity index is 777. The topological polar surface area (TPSA) is 95.7 Å². The van der Waals surface area contributed by atoms with Crippen molar-refractivity contribution < 1.29 is 32.4 Å². The molecular weight excluding hydrogens is 399 g/mol. The van der Waals surface area contributed by atoms with E-state index in [0.29, 0.717) is 24.0 Å². The van der Waals surface area contributed by atoms with Gasteiger partial charge >= 0.3 is 12.1 Å². The zero-order chi connectivity index (χ0) is 20.7. The minimum absolute atomic E-state index is 0.162. The smallest absolute Gasteiger partial charge is 0.475 e. The first kappa shape index (κ1) is 21.9. The first-order valence-corrected chi connectivity index (χ1v) is 9.43. The molecule has 0 aromatic carbocycles. The molecule has 1 fully saturated rings. The number of carbonyl (C=O) groups is 2. The number of likely N-dealkylation sites (tertiary alicyclic amines) is 1. The molecule has 3 heterocycles. The lowest BCUT2D eigenvalue weighted by atomic mass is 10.2. The number of halogens is 3. The fraction of sp³-hybridized carbons (Fsp3) is 0.471. The van der Waals surface area contributed by atoms with Crippen molar-refractivity contribution in [2.75, 3.05) is 19.6 Å². The summed E-state index contributed by atoms with van der Waals surface area (Å²) in [5.74, 6) is -2.27. The molecule has 0 bridgehead atoms. The van der Waals surface area contributed by atoms with E-state index in [4.69, 9.17) is 14.4 Å². The highest BCUT2D eigenvalue weighted by Gasteiger charge is 2.38. The Kier molecular flexibility index (Phi) is 7.58. The van der Waals surface area contributed by atoms with Crippen LogP contribution in [0.5, 0.6) is 0 Å². The number of carbonyl (C=O) groups excluding carboxylic acids is 1. The van der Waals surface area contributed by atoms with Crippen LogP contribution >= 0.6 is 11.3 Å². The van der Waals surface area contributed by atoms with E-state index in [9.17, 15) is 18.0 Å². The summed E-state index contributed by atoms with van der Waals surface area (Å²) < 4.78 is 37.0. The number of aliphatic carboxylic acids is 1. The number of carboxylic acid groups (broad SMARTS) is 1. The van der Waals surface area contributed by atoms with Gasteiger partial charge in [-0.1, -0.05) is 18.1 Å². The molecule has 1 aliphatic heterocycles. The first-order chi connectivity index (χ1) is 13.2. The molecule has 154 valence electrons. The third-order valence-corrected chi connectivity index (χ3v) is 5.04. The molecule has 0 aliphatic carbocycles. The summed E-state index contributed by atoms with van der Waals surface area (Å²) in [7, 11) is 0. The number of likely N-dealkylation sites (N-methyl/N-ethyl adjacent to an activating group) is 1. The lowest BCUT2D eigenvalue weighted by Crippen LogP contribution is -2.40. The van der Waals surface area contributed by atoms with Gasteiger partial charge in [0.25, 0.3) is 5.91 Å². The first-order valence-electron chi connectivity index (χ1n) is 8.55. The molecule has 2 N–H and O–H groups in total. The van der Waals surface area contributed by atoms with Crippen LogP contribution in [0, 0.1) is 0 Å². The highest BCUT2D eigenvalue weighted by atomic mass is 32.1. The van der Waals surface area contributed by atoms with Crippen LogP contribution in [-0.2, 0) is 4.79 Å². The van der Waals surface area contributed by atoms with E-state index in [1.54, 1.807) is 17.4 Å². The molecule has 2 aromatic heterocycles. The van der Waals surface area contributed by atoms with Gasteiger partial charge in [-0.2, -0.15) is 13.2 Å². The standard InChI is InChI=1S/C15H19N3O2S.C2HF3O2/c1-2-18-7-3-5-11(18)10-16-15(19)12-9-13(20-17-12)14-6-4-8-21-14;3-2(4,5)1(6)7/h4,6,8-9,11H,2-3,5,7,10H2,1H3,(H,16,19);(H,6,7)/t11-;/m0./s1. The van der Waals surface area contributed by atoms with Crippen LogP contribution in [0.3, 0.4) is 0 Å². The lowest BCUT2D eigenvalue weighted by molar-refractivity contribution is -0.192. The van der Waals surface area contributed by atoms with Gasteiger partial charge in [0, 0.05) is 18.7 Å². The number of aromatic nitrogens is 1. The summed E-state index contributed by atoms with van der Waals surface area (Å²) in [6, 6.07) is 6.04. The zero-order valence-electron chi connectivity index (χ0n) is 15.0. The van der Waals surface area contributed by atoms with Crippen LogP contribution in [0.4, 0.5) is 13.2 Å². The van der Waals surface area contributed by atoms with Gasteiger partial charge in [-0.15, -0.1) is 11.3 Å². The van der Waals surface area contributed by atoms with Crippen molar-refractivity contribution in [1.82, 2.24) is 15.4 Å². The van der Waals surface area contributed by atoms with E-state index in [-0.39, 0.29) is 5.91 Å². The normalized spacial score (nSPS) is 17.1. The van der Waals surface area contributed by atoms with Crippen molar-refractivity contribution in [2.45, 2.75) is 32.0 Å². The number of amides is 1. The Hall–Kier alpha value is -2.40. The summed E-state index contributed by atoms with van der Waals surface area (Å²) in [5.41, 5.74) is 0.347. The highest BCUT2D eigenvalue weighted by molar-refractivity contribution is 7.13. The molecular formula is C17H20F3N3O4S. The summed E-state index contributed by atoms with van der Waals surface area (Å²) in [6.07, 6.45) is -2.73. The van der Waals surface area contributed by atoms with Crippen LogP contribution < -0.4 is 5.32 Å². The molecule has 1 aliphatic rings. The Balaban J connectivity index is 0.000000345. The molecule has 3 rings (SSSR count). The molecule has 7 nitrogen and oxygen atoms in total. The van der Waals surface area contributed by atoms with Gasteiger partial charge in [-0.25, -0.2) is 4.79 Å². The number of carboxylic acids is 1. The second-order valence-electron chi connectivity index (χ2n) is 5.99. The Morgan fingerprint density at radius 1 is 1.46 bits per heavy atom. The largest absolute Gasteiger partial charge is 0.490 e. The number of rotatable bonds is 5. The van der Waals surface area contributed by atoms with Crippen LogP contribution in [-0.4, -0.2) is 58.9 Å². The van der Waals surface area contributed by atoms with Crippen LogP contribution in [0.1, 0.15) is 30.3 Å². The average Bonchev–Trinajstić information content (AvgIpc) is 3.40. The maximum Gasteiger partial charge on any atom is 0.490 e. The van der Waals surface area contributed by atoms with Gasteiger partial charge in [0.2, 0.25) is 0 Å². The number of hydrogen-bond donors (Lipinski definition) is 2. The third kappa shape index (κ3) is 6.06. The van der Waals surface area contributed by atoms with E-state index >= 15 is 0 Å². The molecule has 1 amide bonds. The second-order valence-corrected chi connectivity index (χ2v) is 6.94. The number of nitrogens with one attached hydrogen (secondary N) is 1. The number of alkyl halides is 3. The van der Waals surface area contributed by atoms with Gasteiger partial charge in [-0.05, 0) is 37.4 Å². The van der Waals surface area contributed by atoms with Crippen LogP contribution in [0.25, 0.3) is 10.6 Å². The van der Waals surface area contributed by atoms with Gasteiger partial charge in [0.1, 0.15) is 0 Å². The molecule has 0 saturated carbocycles. The Morgan fingerprint density at radius 3 is 2.75 bits per heavy atom. The van der Waals surface area contributed by atoms with Crippen molar-refractivity contribution in [3.05, 3.63) is 29.3 Å². The summed E-state index contributed by atoms with van der Waals surface area (Å²) in [6.45, 7) is 5.00. The maximum atomic E-state index is 12.1. The van der Waals surface area contributed by atoms with Crippen molar-refractivity contribution in [2.24, 2.45) is 0 Å². The third-order valence-electron chi connectivity index (χ3n) is 4.15. The SMILES string of the molecule is CCN1CCC[C@H]1CNC(=O)c1cc(-c2cccs2)on1.O=C(O)C(F)(F)F. The van der Waals surface area contributed by atoms with Gasteiger partial charge in [-0.3, -0.25) is 9.69 Å². The minimum atomic E-state index is -5.08. The fourth-order valence-electron chi connectivity index (χ4n) is 2.76. The summed E-state index contributed by atoms with van der Waals surface area (Å²) in [5, 5.41) is 15.9. The van der Waals surface area contributed by atoms with Crippen molar-refractivity contribution >= 4 is 23.2 Å². The number of nitrogens with zero attached hydrogens (tertiary/aromatic N) is 2. The van der Waals surface area contributed by atoms with Gasteiger partial charge < -0.3 is 14.9 Å². The molecule has 28 heavy (non-hydrogen) atoms. The average molecular weight is 419 g/mol. The molecule has 1 atom stereocenters. The predicted molar refractivity (Wildman–Crippen MR) is 96.1 cm³/mol. The molecule has 2 aromatic rings. The molecule has 11 heteroatoms. The number of thiophene rings is 1. The molecule has 0 unspecified atom stereocenters. The van der Waals surface area contributed by atoms with E-state index < -0.39 is 12.1 Å². The summed E-state index contributed by atoms with van der Waals surface area (Å²) in [4.78, 5) is 24.4. The Morgan fingerprint density at radius 2 is 2.18 bits per heavy atom. The fourth-order valence-corrected chi connectivity index (χ4v) is 3.43. The van der Waals surface area contributed by atoms with E-state index in [0.717, 1.165) is 24.4 Å². The van der Waals surface area contributed by atoms with E-state index in [1.165, 1.54) is 6.42 Å². The van der Waals surface area contributed by atoms with Gasteiger partial charge in [0.05, 0.1) is 4.88 Å². The summed E-state index contributed by atoms with van der Waals surface area (Å²) >= 11 is 1.57. The monoisotopic (exact) mass is 419 g/mol. The minimum Gasteiger partial charge on any atom is -0.475 e. The van der Waals surface area contributed by atoms with Crippen LogP contribution in [0.15, 0.2) is 28.1 Å². The number of hydrogen-bond acceptors (Lipinski definition) is 6. The predicted octanol–water partition coefficient (Wildman–Crippen LogP) is 3.25. The van der Waals surface area contributed by atoms with E-state index in [2.05, 4.69) is 22.3 Å². The maximum absolute atomic E-state index is 12.1. The Labute approximate surface area is 163 Å². The second kappa shape index (κ2) is 9.69. The zero-order valence-corrected chi connectivity index (χ0v) is 15.8. The van der Waals surface area contributed by atoms with Crippen molar-refractivity contribution in [1.29, 1.82) is 0 Å². The van der Waals surface area contributed by atoms with Gasteiger partial charge in [0.15, 0.2) is 11.5 Å².